The van der Waals surface area contributed by atoms with Crippen LogP contribution in [0.2, 0.25) is 0 Å². The molecule has 106 valence electrons. The highest BCUT2D eigenvalue weighted by Gasteiger charge is 2.09. The molecule has 0 bridgehead atoms. The van der Waals surface area contributed by atoms with E-state index < -0.39 is 0 Å². The van der Waals surface area contributed by atoms with Crippen molar-refractivity contribution in [2.24, 2.45) is 0 Å². The summed E-state index contributed by atoms with van der Waals surface area (Å²) in [6.45, 7) is 8.20. The molecule has 0 spiro atoms. The monoisotopic (exact) mass is 262 g/mol. The van der Waals surface area contributed by atoms with Gasteiger partial charge >= 0.3 is 0 Å². The van der Waals surface area contributed by atoms with Gasteiger partial charge in [0.15, 0.2) is 0 Å². The van der Waals surface area contributed by atoms with Gasteiger partial charge in [0.05, 0.1) is 6.10 Å². The Kier molecular flexibility index (Phi) is 5.67. The molecule has 1 aromatic rings. The molecule has 1 aromatic carbocycles. The molecule has 3 nitrogen and oxygen atoms in total. The Morgan fingerprint density at radius 2 is 2.21 bits per heavy atom. The molecule has 0 aliphatic carbocycles. The average molecular weight is 262 g/mol. The van der Waals surface area contributed by atoms with Gasteiger partial charge in [-0.3, -0.25) is 0 Å². The Morgan fingerprint density at radius 1 is 1.32 bits per heavy atom. The first kappa shape index (κ1) is 14.4. The first-order valence-corrected chi connectivity index (χ1v) is 7.43. The third kappa shape index (κ3) is 4.84. The second-order valence-corrected chi connectivity index (χ2v) is 5.44. The molecule has 0 saturated carbocycles. The molecule has 2 N–H and O–H groups in total. The van der Waals surface area contributed by atoms with Gasteiger partial charge < -0.3 is 15.4 Å². The van der Waals surface area contributed by atoms with E-state index in [1.807, 2.05) is 0 Å². The zero-order chi connectivity index (χ0) is 13.5. The lowest BCUT2D eigenvalue weighted by molar-refractivity contribution is 0.0771. The molecular weight excluding hydrogens is 236 g/mol. The summed E-state index contributed by atoms with van der Waals surface area (Å²) >= 11 is 0. The minimum absolute atomic E-state index is 0.347. The van der Waals surface area contributed by atoms with Gasteiger partial charge in [-0.2, -0.15) is 0 Å². The second kappa shape index (κ2) is 7.51. The Balaban J connectivity index is 1.58. The van der Waals surface area contributed by atoms with E-state index in [0.29, 0.717) is 6.10 Å². The van der Waals surface area contributed by atoms with Crippen LogP contribution in [0.3, 0.4) is 0 Å². The van der Waals surface area contributed by atoms with E-state index in [1.165, 1.54) is 23.2 Å². The van der Waals surface area contributed by atoms with Crippen LogP contribution < -0.4 is 10.6 Å². The van der Waals surface area contributed by atoms with Gasteiger partial charge in [0, 0.05) is 18.8 Å². The van der Waals surface area contributed by atoms with Crippen LogP contribution in [0, 0.1) is 0 Å². The van der Waals surface area contributed by atoms with E-state index in [9.17, 15) is 0 Å². The van der Waals surface area contributed by atoms with Gasteiger partial charge in [-0.15, -0.1) is 0 Å². The van der Waals surface area contributed by atoms with Crippen LogP contribution in [0.15, 0.2) is 18.2 Å². The largest absolute Gasteiger partial charge is 0.384 e. The van der Waals surface area contributed by atoms with Crippen molar-refractivity contribution in [3.05, 3.63) is 29.3 Å². The molecule has 0 atom stereocenters. The molecular formula is C16H26N2O. The van der Waals surface area contributed by atoms with Crippen LogP contribution in [0.1, 0.15) is 31.4 Å². The summed E-state index contributed by atoms with van der Waals surface area (Å²) in [5.74, 6) is 0. The molecule has 0 unspecified atom stereocenters. The van der Waals surface area contributed by atoms with Crippen molar-refractivity contribution in [3.8, 4) is 0 Å². The van der Waals surface area contributed by atoms with Crippen LogP contribution in [0.5, 0.6) is 0 Å². The number of rotatable bonds is 8. The average Bonchev–Trinajstić information content (AvgIpc) is 2.84. The number of nitrogens with one attached hydrogen (secondary N) is 2. The molecule has 0 saturated heterocycles. The van der Waals surface area contributed by atoms with Crippen LogP contribution in [-0.4, -0.2) is 32.3 Å². The molecule has 0 amide bonds. The van der Waals surface area contributed by atoms with Gasteiger partial charge in [-0.1, -0.05) is 12.1 Å². The summed E-state index contributed by atoms with van der Waals surface area (Å²) < 4.78 is 5.51. The first-order chi connectivity index (χ1) is 9.25. The summed E-state index contributed by atoms with van der Waals surface area (Å²) in [4.78, 5) is 0. The van der Waals surface area contributed by atoms with E-state index in [-0.39, 0.29) is 0 Å². The highest BCUT2D eigenvalue weighted by molar-refractivity contribution is 5.56. The summed E-state index contributed by atoms with van der Waals surface area (Å²) in [6.07, 6.45) is 3.72. The van der Waals surface area contributed by atoms with Crippen molar-refractivity contribution in [2.75, 3.05) is 31.6 Å². The minimum Gasteiger partial charge on any atom is -0.384 e. The first-order valence-electron chi connectivity index (χ1n) is 7.43. The lowest BCUT2D eigenvalue weighted by Gasteiger charge is -2.08. The number of hydrogen-bond donors (Lipinski definition) is 2. The van der Waals surface area contributed by atoms with E-state index in [1.54, 1.807) is 0 Å². The molecule has 1 aliphatic heterocycles. The predicted molar refractivity (Wildman–Crippen MR) is 80.9 cm³/mol. The maximum Gasteiger partial charge on any atom is 0.0518 e. The maximum atomic E-state index is 5.51. The Labute approximate surface area is 116 Å². The van der Waals surface area contributed by atoms with Gasteiger partial charge in [-0.25, -0.2) is 0 Å². The van der Waals surface area contributed by atoms with Crippen LogP contribution >= 0.6 is 0 Å². The fourth-order valence-corrected chi connectivity index (χ4v) is 2.39. The van der Waals surface area contributed by atoms with Gasteiger partial charge in [0.2, 0.25) is 0 Å². The molecule has 19 heavy (non-hydrogen) atoms. The fraction of sp³-hybridized carbons (Fsp3) is 0.625. The topological polar surface area (TPSA) is 33.3 Å². The highest BCUT2D eigenvalue weighted by Crippen LogP contribution is 2.22. The molecule has 1 aliphatic rings. The fourth-order valence-electron chi connectivity index (χ4n) is 2.39. The summed E-state index contributed by atoms with van der Waals surface area (Å²) in [5, 5.41) is 6.88. The van der Waals surface area contributed by atoms with E-state index in [0.717, 1.165) is 39.1 Å². The van der Waals surface area contributed by atoms with E-state index in [4.69, 9.17) is 4.74 Å². The quantitative estimate of drug-likeness (QED) is 0.707. The van der Waals surface area contributed by atoms with Crippen molar-refractivity contribution in [3.63, 3.8) is 0 Å². The smallest absolute Gasteiger partial charge is 0.0518 e. The number of benzene rings is 1. The van der Waals surface area contributed by atoms with Crippen LogP contribution in [-0.2, 0) is 17.6 Å². The zero-order valence-corrected chi connectivity index (χ0v) is 12.2. The molecule has 0 fully saturated rings. The normalized spacial score (nSPS) is 13.6. The summed E-state index contributed by atoms with van der Waals surface area (Å²) in [7, 11) is 0. The van der Waals surface area contributed by atoms with Crippen LogP contribution in [0.25, 0.3) is 0 Å². The number of anilines is 1. The second-order valence-electron chi connectivity index (χ2n) is 5.44. The third-order valence-electron chi connectivity index (χ3n) is 3.42. The van der Waals surface area contributed by atoms with Crippen molar-refractivity contribution in [1.29, 1.82) is 0 Å². The van der Waals surface area contributed by atoms with Crippen LogP contribution in [0.4, 0.5) is 5.69 Å². The molecule has 2 rings (SSSR count). The van der Waals surface area contributed by atoms with Gasteiger partial charge in [0.25, 0.3) is 0 Å². The maximum absolute atomic E-state index is 5.51. The summed E-state index contributed by atoms with van der Waals surface area (Å²) in [6, 6.07) is 6.80. The number of fused-ring (bicyclic) bond motifs is 1. The van der Waals surface area contributed by atoms with E-state index in [2.05, 4.69) is 42.7 Å². The molecule has 1 heterocycles. The van der Waals surface area contributed by atoms with Crippen molar-refractivity contribution in [2.45, 2.75) is 39.2 Å². The SMILES string of the molecule is CC(C)OCCCNCCc1ccc2c(c1)CCN2. The Bertz CT molecular complexity index is 390. The lowest BCUT2D eigenvalue weighted by atomic mass is 10.1. The third-order valence-corrected chi connectivity index (χ3v) is 3.42. The number of ether oxygens (including phenoxy) is 1. The van der Waals surface area contributed by atoms with Crippen molar-refractivity contribution < 1.29 is 4.74 Å². The zero-order valence-electron chi connectivity index (χ0n) is 12.2. The molecule has 0 radical (unpaired) electrons. The standard InChI is InChI=1S/C16H26N2O/c1-13(2)19-11-3-8-17-9-6-14-4-5-16-15(12-14)7-10-18-16/h4-5,12-13,17-18H,3,6-11H2,1-2H3. The Morgan fingerprint density at radius 3 is 3.05 bits per heavy atom. The van der Waals surface area contributed by atoms with E-state index >= 15 is 0 Å². The van der Waals surface area contributed by atoms with Crippen molar-refractivity contribution in [1.82, 2.24) is 5.32 Å². The Hall–Kier alpha value is -1.06. The predicted octanol–water partition coefficient (Wildman–Crippen LogP) is 2.60. The van der Waals surface area contributed by atoms with Gasteiger partial charge in [-0.05, 0) is 63.4 Å². The minimum atomic E-state index is 0.347. The molecule has 0 aromatic heterocycles. The van der Waals surface area contributed by atoms with Crippen molar-refractivity contribution >= 4 is 5.69 Å². The summed E-state index contributed by atoms with van der Waals surface area (Å²) in [5.41, 5.74) is 4.23. The highest BCUT2D eigenvalue weighted by atomic mass is 16.5. The molecule has 3 heteroatoms. The number of hydrogen-bond acceptors (Lipinski definition) is 3. The van der Waals surface area contributed by atoms with Gasteiger partial charge in [0.1, 0.15) is 0 Å². The lowest BCUT2D eigenvalue weighted by Crippen LogP contribution is -2.20.